The van der Waals surface area contributed by atoms with Crippen molar-refractivity contribution in [2.75, 3.05) is 0 Å². The van der Waals surface area contributed by atoms with Crippen LogP contribution in [0, 0.1) is 5.82 Å². The average molecular weight is 387 g/mol. The summed E-state index contributed by atoms with van der Waals surface area (Å²) in [5.41, 5.74) is 1.50. The van der Waals surface area contributed by atoms with Crippen LogP contribution in [0.2, 0.25) is 0 Å². The summed E-state index contributed by atoms with van der Waals surface area (Å²) in [6.07, 6.45) is 7.45. The van der Waals surface area contributed by atoms with Gasteiger partial charge in [0.25, 0.3) is 5.91 Å². The van der Waals surface area contributed by atoms with Gasteiger partial charge in [-0.3, -0.25) is 9.69 Å². The molecule has 1 N–H and O–H groups in total. The fourth-order valence-electron chi connectivity index (χ4n) is 3.56. The zero-order valence-corrected chi connectivity index (χ0v) is 15.8. The van der Waals surface area contributed by atoms with Gasteiger partial charge < -0.3 is 5.32 Å². The third-order valence-electron chi connectivity index (χ3n) is 4.89. The smallest absolute Gasteiger partial charge is 0.276 e. The van der Waals surface area contributed by atoms with Crippen molar-refractivity contribution in [1.82, 2.24) is 10.2 Å². The third kappa shape index (κ3) is 3.44. The van der Waals surface area contributed by atoms with Gasteiger partial charge in [0.05, 0.1) is 0 Å². The number of nitrogens with one attached hydrogen (secondary N) is 1. The molecular weight excluding hydrogens is 367 g/mol. The number of thiophene rings is 1. The minimum atomic E-state index is -0.246. The molecule has 1 aliphatic carbocycles. The molecule has 1 aromatic carbocycles. The van der Waals surface area contributed by atoms with E-state index >= 15 is 0 Å². The van der Waals surface area contributed by atoms with Crippen LogP contribution in [-0.4, -0.2) is 22.0 Å². The molecule has 1 aromatic heterocycles. The molecule has 0 bridgehead atoms. The van der Waals surface area contributed by atoms with Crippen molar-refractivity contribution in [3.8, 4) is 10.4 Å². The molecule has 0 spiro atoms. The monoisotopic (exact) mass is 386 g/mol. The maximum atomic E-state index is 13.1. The average Bonchev–Trinajstić information content (AvgIpc) is 3.21. The fraction of sp³-hybridized carbons (Fsp3) is 0.300. The predicted molar refractivity (Wildman–Crippen MR) is 107 cm³/mol. The number of nitrogens with zero attached hydrogens (tertiary/aromatic N) is 1. The first-order chi connectivity index (χ1) is 12.6. The molecular formula is C20H19FN2OS2. The lowest BCUT2D eigenvalue weighted by Gasteiger charge is -2.29. The molecule has 2 aliphatic rings. The Morgan fingerprint density at radius 1 is 1.12 bits per heavy atom. The van der Waals surface area contributed by atoms with Crippen LogP contribution in [0.15, 0.2) is 42.1 Å². The van der Waals surface area contributed by atoms with Crippen LogP contribution in [0.4, 0.5) is 4.39 Å². The number of rotatable bonds is 3. The Kier molecular flexibility index (Phi) is 4.87. The quantitative estimate of drug-likeness (QED) is 0.599. The highest BCUT2D eigenvalue weighted by molar-refractivity contribution is 7.80. The second kappa shape index (κ2) is 7.29. The van der Waals surface area contributed by atoms with Gasteiger partial charge >= 0.3 is 0 Å². The van der Waals surface area contributed by atoms with Gasteiger partial charge in [-0.15, -0.1) is 11.3 Å². The number of hydrogen-bond acceptors (Lipinski definition) is 3. The minimum Gasteiger partial charge on any atom is -0.328 e. The van der Waals surface area contributed by atoms with Crippen LogP contribution in [0.3, 0.4) is 0 Å². The molecule has 2 aromatic rings. The van der Waals surface area contributed by atoms with Crippen LogP contribution in [-0.2, 0) is 4.79 Å². The molecule has 1 amide bonds. The molecule has 0 unspecified atom stereocenters. The van der Waals surface area contributed by atoms with E-state index in [0.717, 1.165) is 41.0 Å². The molecule has 1 saturated carbocycles. The largest absolute Gasteiger partial charge is 0.328 e. The summed E-state index contributed by atoms with van der Waals surface area (Å²) < 4.78 is 13.1. The first-order valence-corrected chi connectivity index (χ1v) is 10.1. The van der Waals surface area contributed by atoms with Crippen molar-refractivity contribution in [2.24, 2.45) is 0 Å². The molecule has 0 atom stereocenters. The second-order valence-corrected chi connectivity index (χ2v) is 8.17. The van der Waals surface area contributed by atoms with Gasteiger partial charge in [-0.2, -0.15) is 0 Å². The van der Waals surface area contributed by atoms with Gasteiger partial charge in [0.2, 0.25) is 0 Å². The van der Waals surface area contributed by atoms with Gasteiger partial charge in [-0.05, 0) is 61.0 Å². The molecule has 4 rings (SSSR count). The zero-order chi connectivity index (χ0) is 18.1. The summed E-state index contributed by atoms with van der Waals surface area (Å²) in [5, 5.41) is 3.60. The van der Waals surface area contributed by atoms with E-state index in [1.54, 1.807) is 28.4 Å². The molecule has 1 saturated heterocycles. The number of halogens is 1. The van der Waals surface area contributed by atoms with Crippen molar-refractivity contribution >= 4 is 40.7 Å². The standard InChI is InChI=1S/C20H19FN2OS2/c21-14-8-6-13(7-9-14)18-11-10-16(26-18)12-17-19(24)23(20(25)22-17)15-4-2-1-3-5-15/h6-12,15H,1-5H2,(H,22,25)/b17-12-. The number of carbonyl (C=O) groups is 1. The first kappa shape index (κ1) is 17.4. The molecule has 2 fully saturated rings. The van der Waals surface area contributed by atoms with Crippen molar-refractivity contribution in [3.05, 3.63) is 52.8 Å². The van der Waals surface area contributed by atoms with Crippen LogP contribution in [0.5, 0.6) is 0 Å². The predicted octanol–water partition coefficient (Wildman–Crippen LogP) is 4.94. The summed E-state index contributed by atoms with van der Waals surface area (Å²) in [7, 11) is 0. The maximum Gasteiger partial charge on any atom is 0.276 e. The fourth-order valence-corrected chi connectivity index (χ4v) is 4.86. The Balaban J connectivity index is 1.54. The molecule has 0 radical (unpaired) electrons. The second-order valence-electron chi connectivity index (χ2n) is 6.66. The highest BCUT2D eigenvalue weighted by atomic mass is 32.1. The van der Waals surface area contributed by atoms with Crippen molar-refractivity contribution in [3.63, 3.8) is 0 Å². The normalized spacial score (nSPS) is 20.0. The van der Waals surface area contributed by atoms with Crippen LogP contribution in [0.1, 0.15) is 37.0 Å². The van der Waals surface area contributed by atoms with E-state index in [1.165, 1.54) is 18.6 Å². The lowest BCUT2D eigenvalue weighted by atomic mass is 9.94. The Hall–Kier alpha value is -2.05. The first-order valence-electron chi connectivity index (χ1n) is 8.84. The zero-order valence-electron chi connectivity index (χ0n) is 14.2. The lowest BCUT2D eigenvalue weighted by molar-refractivity contribution is -0.124. The summed E-state index contributed by atoms with van der Waals surface area (Å²) in [6, 6.07) is 10.6. The van der Waals surface area contributed by atoms with Gasteiger partial charge in [0.15, 0.2) is 5.11 Å². The molecule has 3 nitrogen and oxygen atoms in total. The van der Waals surface area contributed by atoms with Gasteiger partial charge in [-0.1, -0.05) is 31.4 Å². The topological polar surface area (TPSA) is 32.3 Å². The van der Waals surface area contributed by atoms with Gasteiger partial charge in [0, 0.05) is 15.8 Å². The van der Waals surface area contributed by atoms with E-state index in [9.17, 15) is 9.18 Å². The Morgan fingerprint density at radius 2 is 1.85 bits per heavy atom. The lowest BCUT2D eigenvalue weighted by Crippen LogP contribution is -2.41. The van der Waals surface area contributed by atoms with Gasteiger partial charge in [0.1, 0.15) is 11.5 Å². The van der Waals surface area contributed by atoms with Gasteiger partial charge in [-0.25, -0.2) is 4.39 Å². The molecule has 134 valence electrons. The van der Waals surface area contributed by atoms with Crippen LogP contribution in [0.25, 0.3) is 16.5 Å². The van der Waals surface area contributed by atoms with Crippen LogP contribution >= 0.6 is 23.6 Å². The SMILES string of the molecule is O=C1/C(=C/c2ccc(-c3ccc(F)cc3)s2)NC(=S)N1C1CCCCC1. The Bertz CT molecular complexity index is 866. The van der Waals surface area contributed by atoms with Crippen LogP contribution < -0.4 is 5.32 Å². The minimum absolute atomic E-state index is 0.0290. The Morgan fingerprint density at radius 3 is 2.58 bits per heavy atom. The van der Waals surface area contributed by atoms with Crippen molar-refractivity contribution in [1.29, 1.82) is 0 Å². The highest BCUT2D eigenvalue weighted by Gasteiger charge is 2.36. The third-order valence-corrected chi connectivity index (χ3v) is 6.27. The summed E-state index contributed by atoms with van der Waals surface area (Å²) in [5.74, 6) is -0.275. The maximum absolute atomic E-state index is 13.1. The van der Waals surface area contributed by atoms with E-state index < -0.39 is 0 Å². The molecule has 2 heterocycles. The molecule has 26 heavy (non-hydrogen) atoms. The highest BCUT2D eigenvalue weighted by Crippen LogP contribution is 2.31. The van der Waals surface area contributed by atoms with E-state index in [2.05, 4.69) is 5.32 Å². The number of carbonyl (C=O) groups excluding carboxylic acids is 1. The van der Waals surface area contributed by atoms with Crippen molar-refractivity contribution in [2.45, 2.75) is 38.1 Å². The van der Waals surface area contributed by atoms with E-state index in [4.69, 9.17) is 12.2 Å². The van der Waals surface area contributed by atoms with Crippen molar-refractivity contribution < 1.29 is 9.18 Å². The summed E-state index contributed by atoms with van der Waals surface area (Å²) in [6.45, 7) is 0. The number of amides is 1. The molecule has 6 heteroatoms. The summed E-state index contributed by atoms with van der Waals surface area (Å²) >= 11 is 6.97. The number of benzene rings is 1. The number of hydrogen-bond donors (Lipinski definition) is 1. The van der Waals surface area contributed by atoms with E-state index in [-0.39, 0.29) is 17.8 Å². The Labute approximate surface area is 161 Å². The summed E-state index contributed by atoms with van der Waals surface area (Å²) in [4.78, 5) is 16.6. The van der Waals surface area contributed by atoms with E-state index in [0.29, 0.717) is 10.8 Å². The van der Waals surface area contributed by atoms with E-state index in [1.807, 2.05) is 18.2 Å². The number of thiocarbonyl (C=S) groups is 1. The molecule has 1 aliphatic heterocycles.